The molecule has 0 atom stereocenters. The first-order valence-electron chi connectivity index (χ1n) is 8.93. The number of alkyl halides is 1. The molecule has 1 aliphatic rings. The highest BCUT2D eigenvalue weighted by Gasteiger charge is 2.21. The molecule has 1 aliphatic heterocycles. The summed E-state index contributed by atoms with van der Waals surface area (Å²) in [5, 5.41) is 5.70. The van der Waals surface area contributed by atoms with Crippen LogP contribution >= 0.6 is 11.6 Å². The number of hydrogen-bond acceptors (Lipinski definition) is 3. The Morgan fingerprint density at radius 2 is 1.96 bits per heavy atom. The van der Waals surface area contributed by atoms with Crippen LogP contribution in [0.5, 0.6) is 0 Å². The van der Waals surface area contributed by atoms with Crippen molar-refractivity contribution in [1.29, 1.82) is 0 Å². The quantitative estimate of drug-likeness (QED) is 0.758. The van der Waals surface area contributed by atoms with Gasteiger partial charge in [0.1, 0.15) is 5.88 Å². The predicted octanol–water partition coefficient (Wildman–Crippen LogP) is 3.49. The van der Waals surface area contributed by atoms with Crippen molar-refractivity contribution < 1.29 is 9.59 Å². The lowest BCUT2D eigenvalue weighted by molar-refractivity contribution is -0.113. The molecule has 25 heavy (non-hydrogen) atoms. The van der Waals surface area contributed by atoms with Gasteiger partial charge in [-0.2, -0.15) is 0 Å². The Kier molecular flexibility index (Phi) is 7.12. The number of hydrogen-bond donors (Lipinski definition) is 2. The van der Waals surface area contributed by atoms with E-state index in [0.717, 1.165) is 37.5 Å². The fraction of sp³-hybridized carbons (Fsp3) is 0.579. The van der Waals surface area contributed by atoms with Gasteiger partial charge >= 0.3 is 0 Å². The van der Waals surface area contributed by atoms with Gasteiger partial charge in [0.25, 0.3) is 5.91 Å². The minimum atomic E-state index is -0.283. The van der Waals surface area contributed by atoms with Crippen LogP contribution in [0, 0.1) is 11.8 Å². The van der Waals surface area contributed by atoms with Crippen LogP contribution in [-0.4, -0.2) is 37.3 Å². The number of halogens is 1. The van der Waals surface area contributed by atoms with Crippen LogP contribution in [0.25, 0.3) is 0 Å². The summed E-state index contributed by atoms with van der Waals surface area (Å²) in [7, 11) is 0. The van der Waals surface area contributed by atoms with Crippen molar-refractivity contribution in [1.82, 2.24) is 5.32 Å². The Morgan fingerprint density at radius 3 is 2.56 bits per heavy atom. The van der Waals surface area contributed by atoms with Gasteiger partial charge in [-0.1, -0.05) is 20.8 Å². The van der Waals surface area contributed by atoms with E-state index in [1.807, 2.05) is 12.1 Å². The van der Waals surface area contributed by atoms with Crippen LogP contribution in [-0.2, 0) is 4.79 Å². The molecule has 6 heteroatoms. The number of carbonyl (C=O) groups is 2. The lowest BCUT2D eigenvalue weighted by Gasteiger charge is -2.33. The number of rotatable bonds is 6. The Bertz CT molecular complexity index is 611. The number of anilines is 2. The molecule has 0 saturated carbocycles. The van der Waals surface area contributed by atoms with Crippen molar-refractivity contribution >= 4 is 34.8 Å². The molecule has 0 aliphatic carbocycles. The molecule has 138 valence electrons. The molecule has 0 unspecified atom stereocenters. The number of nitrogens with zero attached hydrogens (tertiary/aromatic N) is 1. The zero-order chi connectivity index (χ0) is 18.4. The predicted molar refractivity (Wildman–Crippen MR) is 104 cm³/mol. The van der Waals surface area contributed by atoms with Gasteiger partial charge in [0.05, 0.1) is 5.56 Å². The first-order valence-corrected chi connectivity index (χ1v) is 9.47. The van der Waals surface area contributed by atoms with E-state index in [0.29, 0.717) is 23.7 Å². The first-order chi connectivity index (χ1) is 11.9. The number of nitrogens with one attached hydrogen (secondary N) is 2. The number of benzene rings is 1. The van der Waals surface area contributed by atoms with Crippen molar-refractivity contribution in [2.45, 2.75) is 33.6 Å². The van der Waals surface area contributed by atoms with E-state index in [2.05, 4.69) is 36.3 Å². The summed E-state index contributed by atoms with van der Waals surface area (Å²) in [6.45, 7) is 8.89. The maximum absolute atomic E-state index is 12.7. The second-order valence-electron chi connectivity index (χ2n) is 7.19. The van der Waals surface area contributed by atoms with Crippen LogP contribution in [0.15, 0.2) is 18.2 Å². The summed E-state index contributed by atoms with van der Waals surface area (Å²) in [5.74, 6) is 0.596. The van der Waals surface area contributed by atoms with E-state index in [-0.39, 0.29) is 17.7 Å². The lowest BCUT2D eigenvalue weighted by Crippen LogP contribution is -2.35. The van der Waals surface area contributed by atoms with E-state index in [9.17, 15) is 9.59 Å². The molecule has 0 aromatic heterocycles. The molecule has 1 saturated heterocycles. The van der Waals surface area contributed by atoms with Gasteiger partial charge in [-0.05, 0) is 42.9 Å². The van der Waals surface area contributed by atoms with Gasteiger partial charge in [-0.3, -0.25) is 9.59 Å². The van der Waals surface area contributed by atoms with Crippen molar-refractivity contribution in [3.63, 3.8) is 0 Å². The molecular formula is C19H28ClN3O2. The Morgan fingerprint density at radius 1 is 1.28 bits per heavy atom. The van der Waals surface area contributed by atoms with Gasteiger partial charge in [0.15, 0.2) is 0 Å². The molecule has 2 amide bonds. The third kappa shape index (κ3) is 5.63. The second kappa shape index (κ2) is 9.09. The topological polar surface area (TPSA) is 61.4 Å². The Labute approximate surface area is 155 Å². The average molecular weight is 366 g/mol. The third-order valence-electron chi connectivity index (χ3n) is 4.44. The van der Waals surface area contributed by atoms with Crippen LogP contribution in [0.3, 0.4) is 0 Å². The van der Waals surface area contributed by atoms with Gasteiger partial charge in [0.2, 0.25) is 5.91 Å². The molecule has 2 N–H and O–H groups in total. The molecule has 0 bridgehead atoms. The fourth-order valence-corrected chi connectivity index (χ4v) is 2.97. The molecule has 2 rings (SSSR count). The van der Waals surface area contributed by atoms with Crippen LogP contribution < -0.4 is 15.5 Å². The molecule has 5 nitrogen and oxygen atoms in total. The molecule has 1 aromatic carbocycles. The second-order valence-corrected chi connectivity index (χ2v) is 7.45. The van der Waals surface area contributed by atoms with Crippen molar-refractivity contribution in [2.24, 2.45) is 11.8 Å². The van der Waals surface area contributed by atoms with Crippen LogP contribution in [0.1, 0.15) is 44.0 Å². The Balaban J connectivity index is 2.26. The largest absolute Gasteiger partial charge is 0.371 e. The van der Waals surface area contributed by atoms with Gasteiger partial charge < -0.3 is 15.5 Å². The molecule has 0 radical (unpaired) electrons. The standard InChI is InChI=1S/C19H28ClN3O2/c1-13(2)12-21-19(25)16-10-15(22-18(24)11-20)4-5-17(16)23-8-6-14(3)7-9-23/h4-5,10,13-14H,6-9,11-12H2,1-3H3,(H,21,25)(H,22,24). The summed E-state index contributed by atoms with van der Waals surface area (Å²) < 4.78 is 0. The maximum atomic E-state index is 12.7. The smallest absolute Gasteiger partial charge is 0.253 e. The highest BCUT2D eigenvalue weighted by molar-refractivity contribution is 6.29. The molecule has 1 heterocycles. The maximum Gasteiger partial charge on any atom is 0.253 e. The normalized spacial score (nSPS) is 15.3. The zero-order valence-electron chi connectivity index (χ0n) is 15.3. The van der Waals surface area contributed by atoms with Gasteiger partial charge in [0, 0.05) is 31.0 Å². The summed E-state index contributed by atoms with van der Waals surface area (Å²) in [6.07, 6.45) is 2.25. The first kappa shape index (κ1) is 19.6. The van der Waals surface area contributed by atoms with Crippen molar-refractivity contribution in [3.05, 3.63) is 23.8 Å². The van der Waals surface area contributed by atoms with E-state index >= 15 is 0 Å². The van der Waals surface area contributed by atoms with E-state index < -0.39 is 0 Å². The number of carbonyl (C=O) groups excluding carboxylic acids is 2. The lowest BCUT2D eigenvalue weighted by atomic mass is 9.97. The number of piperidine rings is 1. The molecule has 1 fully saturated rings. The SMILES string of the molecule is CC(C)CNC(=O)c1cc(NC(=O)CCl)ccc1N1CCC(C)CC1. The minimum absolute atomic E-state index is 0.107. The third-order valence-corrected chi connectivity index (χ3v) is 4.68. The fourth-order valence-electron chi connectivity index (χ4n) is 2.91. The van der Waals surface area contributed by atoms with Crippen LogP contribution in [0.2, 0.25) is 0 Å². The van der Waals surface area contributed by atoms with Crippen molar-refractivity contribution in [3.8, 4) is 0 Å². The van der Waals surface area contributed by atoms with Crippen LogP contribution in [0.4, 0.5) is 11.4 Å². The average Bonchev–Trinajstić information content (AvgIpc) is 2.60. The minimum Gasteiger partial charge on any atom is -0.371 e. The van der Waals surface area contributed by atoms with E-state index in [1.54, 1.807) is 6.07 Å². The molecular weight excluding hydrogens is 338 g/mol. The molecule has 1 aromatic rings. The zero-order valence-corrected chi connectivity index (χ0v) is 16.0. The number of amides is 2. The summed E-state index contributed by atoms with van der Waals surface area (Å²) in [6, 6.07) is 5.49. The monoisotopic (exact) mass is 365 g/mol. The van der Waals surface area contributed by atoms with Gasteiger partial charge in [-0.25, -0.2) is 0 Å². The highest BCUT2D eigenvalue weighted by Crippen LogP contribution is 2.28. The van der Waals surface area contributed by atoms with Gasteiger partial charge in [-0.15, -0.1) is 11.6 Å². The van der Waals surface area contributed by atoms with E-state index in [1.165, 1.54) is 0 Å². The van der Waals surface area contributed by atoms with Crippen molar-refractivity contribution in [2.75, 3.05) is 35.7 Å². The summed E-state index contributed by atoms with van der Waals surface area (Å²) in [5.41, 5.74) is 2.12. The highest BCUT2D eigenvalue weighted by atomic mass is 35.5. The van der Waals surface area contributed by atoms with E-state index in [4.69, 9.17) is 11.6 Å². The molecule has 0 spiro atoms. The summed E-state index contributed by atoms with van der Waals surface area (Å²) in [4.78, 5) is 26.5. The summed E-state index contributed by atoms with van der Waals surface area (Å²) >= 11 is 5.56. The Hall–Kier alpha value is -1.75.